The van der Waals surface area contributed by atoms with Crippen LogP contribution in [0, 0.1) is 17.8 Å². The maximum absolute atomic E-state index is 12.4. The number of hydrogen-bond donors (Lipinski definition) is 0. The Balaban J connectivity index is 1.56. The number of rotatable bonds is 3. The first kappa shape index (κ1) is 11.0. The fourth-order valence-electron chi connectivity index (χ4n) is 3.34. The van der Waals surface area contributed by atoms with Crippen LogP contribution in [0.1, 0.15) is 29.6 Å². The van der Waals surface area contributed by atoms with Crippen LogP contribution in [0.2, 0.25) is 0 Å². The summed E-state index contributed by atoms with van der Waals surface area (Å²) in [6.45, 7) is 0. The number of fused-ring (bicyclic) bond motifs is 1. The zero-order chi connectivity index (χ0) is 12.8. The van der Waals surface area contributed by atoms with Gasteiger partial charge in [-0.25, -0.2) is 4.68 Å². The van der Waals surface area contributed by atoms with Crippen LogP contribution in [0.4, 0.5) is 0 Å². The molecule has 0 N–H and O–H groups in total. The number of nitrogens with zero attached hydrogens (tertiary/aromatic N) is 2. The van der Waals surface area contributed by atoms with Crippen LogP contribution in [-0.4, -0.2) is 15.6 Å². The Morgan fingerprint density at radius 1 is 1.11 bits per heavy atom. The quantitative estimate of drug-likeness (QED) is 0.787. The van der Waals surface area contributed by atoms with Crippen molar-refractivity contribution in [1.82, 2.24) is 9.78 Å². The number of aromatic nitrogens is 2. The molecular formula is C16H16N2O. The maximum atomic E-state index is 12.4. The average molecular weight is 252 g/mol. The van der Waals surface area contributed by atoms with E-state index in [0.29, 0.717) is 0 Å². The molecule has 96 valence electrons. The fourth-order valence-corrected chi connectivity index (χ4v) is 3.34. The van der Waals surface area contributed by atoms with Gasteiger partial charge in [0.2, 0.25) is 0 Å². The van der Waals surface area contributed by atoms with Crippen molar-refractivity contribution in [2.75, 3.05) is 0 Å². The monoisotopic (exact) mass is 252 g/mol. The summed E-state index contributed by atoms with van der Waals surface area (Å²) in [5, 5.41) is 4.30. The fraction of sp³-hybridized carbons (Fsp3) is 0.375. The van der Waals surface area contributed by atoms with Gasteiger partial charge in [-0.2, -0.15) is 5.10 Å². The molecule has 0 bridgehead atoms. The van der Waals surface area contributed by atoms with Gasteiger partial charge in [-0.15, -0.1) is 0 Å². The van der Waals surface area contributed by atoms with E-state index >= 15 is 0 Å². The Labute approximate surface area is 112 Å². The molecule has 2 aliphatic rings. The van der Waals surface area contributed by atoms with Crippen molar-refractivity contribution in [3.8, 4) is 5.69 Å². The molecule has 1 aromatic heterocycles. The lowest BCUT2D eigenvalue weighted by Crippen LogP contribution is -2.12. The molecule has 2 atom stereocenters. The van der Waals surface area contributed by atoms with Crippen LogP contribution >= 0.6 is 0 Å². The second-order valence-electron chi connectivity index (χ2n) is 5.80. The van der Waals surface area contributed by atoms with Gasteiger partial charge in [0, 0.05) is 12.1 Å². The van der Waals surface area contributed by atoms with Gasteiger partial charge in [0.05, 0.1) is 17.4 Å². The van der Waals surface area contributed by atoms with Gasteiger partial charge in [-0.1, -0.05) is 18.2 Å². The minimum absolute atomic E-state index is 0.247. The predicted molar refractivity (Wildman–Crippen MR) is 72.2 cm³/mol. The summed E-state index contributed by atoms with van der Waals surface area (Å²) in [6.07, 6.45) is 7.12. The topological polar surface area (TPSA) is 34.9 Å². The Bertz CT molecular complexity index is 607. The Morgan fingerprint density at radius 3 is 2.58 bits per heavy atom. The number of Topliss-reactive ketones (excluding diaryl/α,β-unsaturated/α-hetero) is 1. The number of para-hydroxylation sites is 1. The van der Waals surface area contributed by atoms with E-state index in [2.05, 4.69) is 5.10 Å². The highest BCUT2D eigenvalue weighted by molar-refractivity contribution is 5.97. The summed E-state index contributed by atoms with van der Waals surface area (Å²) < 4.78 is 1.78. The zero-order valence-electron chi connectivity index (χ0n) is 10.7. The number of ketones is 1. The van der Waals surface area contributed by atoms with Crippen LogP contribution in [-0.2, 0) is 0 Å². The molecule has 4 rings (SSSR count). The third kappa shape index (κ3) is 1.89. The van der Waals surface area contributed by atoms with Crippen molar-refractivity contribution < 1.29 is 4.79 Å². The molecule has 3 nitrogen and oxygen atoms in total. The SMILES string of the molecule is O=C(c1cnn(-c2ccccc2)c1)C1CC2CC2C1. The van der Waals surface area contributed by atoms with Crippen molar-refractivity contribution >= 4 is 5.78 Å². The molecule has 2 unspecified atom stereocenters. The van der Waals surface area contributed by atoms with Gasteiger partial charge >= 0.3 is 0 Å². The number of benzene rings is 1. The molecule has 0 saturated heterocycles. The molecule has 2 saturated carbocycles. The molecule has 19 heavy (non-hydrogen) atoms. The van der Waals surface area contributed by atoms with Crippen molar-refractivity contribution in [1.29, 1.82) is 0 Å². The lowest BCUT2D eigenvalue weighted by Gasteiger charge is -2.08. The molecule has 2 aliphatic carbocycles. The summed E-state index contributed by atoms with van der Waals surface area (Å²) in [6, 6.07) is 9.91. The van der Waals surface area contributed by atoms with E-state index in [1.54, 1.807) is 10.9 Å². The first-order valence-electron chi connectivity index (χ1n) is 6.95. The van der Waals surface area contributed by atoms with Crippen LogP contribution in [0.25, 0.3) is 5.69 Å². The lowest BCUT2D eigenvalue weighted by molar-refractivity contribution is 0.0914. The molecule has 1 heterocycles. The first-order chi connectivity index (χ1) is 9.31. The van der Waals surface area contributed by atoms with Gasteiger partial charge in [0.15, 0.2) is 5.78 Å². The zero-order valence-corrected chi connectivity index (χ0v) is 10.7. The van der Waals surface area contributed by atoms with Crippen molar-refractivity contribution in [2.45, 2.75) is 19.3 Å². The highest BCUT2D eigenvalue weighted by Crippen LogP contribution is 2.54. The Morgan fingerprint density at radius 2 is 1.84 bits per heavy atom. The second kappa shape index (κ2) is 4.05. The van der Waals surface area contributed by atoms with Crippen LogP contribution < -0.4 is 0 Å². The summed E-state index contributed by atoms with van der Waals surface area (Å²) in [7, 11) is 0. The van der Waals surface area contributed by atoms with Crippen LogP contribution in [0.3, 0.4) is 0 Å². The molecule has 1 aromatic carbocycles. The lowest BCUT2D eigenvalue weighted by atomic mass is 9.95. The van der Waals surface area contributed by atoms with E-state index in [-0.39, 0.29) is 11.7 Å². The number of hydrogen-bond acceptors (Lipinski definition) is 2. The average Bonchev–Trinajstić information content (AvgIpc) is 2.91. The summed E-state index contributed by atoms with van der Waals surface area (Å²) in [5.41, 5.74) is 1.76. The highest BCUT2D eigenvalue weighted by Gasteiger charge is 2.48. The normalized spacial score (nSPS) is 28.1. The number of carbonyl (C=O) groups is 1. The summed E-state index contributed by atoms with van der Waals surface area (Å²) in [5.74, 6) is 2.22. The van der Waals surface area contributed by atoms with E-state index in [9.17, 15) is 4.79 Å². The Kier molecular flexibility index (Phi) is 2.34. The van der Waals surface area contributed by atoms with E-state index in [1.165, 1.54) is 6.42 Å². The molecule has 0 radical (unpaired) electrons. The van der Waals surface area contributed by atoms with Gasteiger partial charge in [0.1, 0.15) is 0 Å². The van der Waals surface area contributed by atoms with Gasteiger partial charge in [-0.05, 0) is 43.2 Å². The molecule has 2 fully saturated rings. The highest BCUT2D eigenvalue weighted by atomic mass is 16.1. The maximum Gasteiger partial charge on any atom is 0.169 e. The van der Waals surface area contributed by atoms with Crippen molar-refractivity contribution in [2.24, 2.45) is 17.8 Å². The first-order valence-corrected chi connectivity index (χ1v) is 6.95. The van der Waals surface area contributed by atoms with Crippen LogP contribution in [0.15, 0.2) is 42.7 Å². The van der Waals surface area contributed by atoms with Crippen molar-refractivity contribution in [3.05, 3.63) is 48.3 Å². The van der Waals surface area contributed by atoms with E-state index in [0.717, 1.165) is 35.9 Å². The largest absolute Gasteiger partial charge is 0.294 e. The van der Waals surface area contributed by atoms with Crippen LogP contribution in [0.5, 0.6) is 0 Å². The van der Waals surface area contributed by atoms with Gasteiger partial charge in [-0.3, -0.25) is 4.79 Å². The van der Waals surface area contributed by atoms with E-state index in [1.807, 2.05) is 36.5 Å². The number of carbonyl (C=O) groups excluding carboxylic acids is 1. The molecule has 2 aromatic rings. The van der Waals surface area contributed by atoms with Gasteiger partial charge in [0.25, 0.3) is 0 Å². The van der Waals surface area contributed by atoms with E-state index < -0.39 is 0 Å². The molecule has 0 aliphatic heterocycles. The van der Waals surface area contributed by atoms with Gasteiger partial charge < -0.3 is 0 Å². The smallest absolute Gasteiger partial charge is 0.169 e. The summed E-state index contributed by atoms with van der Waals surface area (Å²) in [4.78, 5) is 12.4. The standard InChI is InChI=1S/C16H16N2O/c19-16(13-7-11-6-12(11)8-13)14-9-17-18(10-14)15-4-2-1-3-5-15/h1-5,9-13H,6-8H2. The Hall–Kier alpha value is -1.90. The molecule has 3 heteroatoms. The molecular weight excluding hydrogens is 236 g/mol. The predicted octanol–water partition coefficient (Wildman–Crippen LogP) is 3.10. The third-order valence-electron chi connectivity index (χ3n) is 4.50. The second-order valence-corrected chi connectivity index (χ2v) is 5.80. The molecule has 0 spiro atoms. The third-order valence-corrected chi connectivity index (χ3v) is 4.50. The van der Waals surface area contributed by atoms with Crippen molar-refractivity contribution in [3.63, 3.8) is 0 Å². The minimum atomic E-state index is 0.247. The summed E-state index contributed by atoms with van der Waals surface area (Å²) >= 11 is 0. The van der Waals surface area contributed by atoms with E-state index in [4.69, 9.17) is 0 Å². The molecule has 0 amide bonds. The minimum Gasteiger partial charge on any atom is -0.294 e.